The van der Waals surface area contributed by atoms with Crippen molar-refractivity contribution in [1.82, 2.24) is 0 Å². The van der Waals surface area contributed by atoms with Crippen LogP contribution in [0.1, 0.15) is 12.5 Å². The van der Waals surface area contributed by atoms with Crippen LogP contribution in [0.4, 0.5) is 5.69 Å². The highest BCUT2D eigenvalue weighted by Crippen LogP contribution is 2.07. The first-order chi connectivity index (χ1) is 7.58. The maximum absolute atomic E-state index is 10.8. The molecule has 1 rings (SSSR count). The second-order valence-electron chi connectivity index (χ2n) is 3.07. The summed E-state index contributed by atoms with van der Waals surface area (Å²) in [6.45, 7) is 1.45. The van der Waals surface area contributed by atoms with Gasteiger partial charge in [0.2, 0.25) is 11.9 Å². The van der Waals surface area contributed by atoms with Crippen LogP contribution in [-0.4, -0.2) is 18.1 Å². The molecule has 0 heterocycles. The summed E-state index contributed by atoms with van der Waals surface area (Å²) in [4.78, 5) is 10.8. The summed E-state index contributed by atoms with van der Waals surface area (Å²) in [5.41, 5.74) is 11.8. The van der Waals surface area contributed by atoms with E-state index in [1.165, 1.54) is 13.1 Å². The Balaban J connectivity index is 0.00000256. The quantitative estimate of drug-likeness (QED) is 0.420. The topological polar surface area (TPSA) is 106 Å². The van der Waals surface area contributed by atoms with Crippen molar-refractivity contribution < 1.29 is 4.79 Å². The molecule has 0 unspecified atom stereocenters. The Hall–Kier alpha value is -2.08. The molecular weight excluding hydrogens is 242 g/mol. The standard InChI is InChI=1S/C10H13N5O.ClH/c1-7(16)14-9-4-2-8(3-5-9)6-13-15-10(11)12;/h2-6H,1H3,(H,14,16)(H4,11,12,15);1H/b13-6+;. The van der Waals surface area contributed by atoms with Crippen LogP contribution in [0.25, 0.3) is 0 Å². The van der Waals surface area contributed by atoms with E-state index < -0.39 is 0 Å². The van der Waals surface area contributed by atoms with Gasteiger partial charge in [-0.25, -0.2) is 0 Å². The summed E-state index contributed by atoms with van der Waals surface area (Å²) in [6.07, 6.45) is 1.51. The number of halogens is 1. The zero-order valence-corrected chi connectivity index (χ0v) is 10.1. The highest BCUT2D eigenvalue weighted by atomic mass is 35.5. The third-order valence-corrected chi connectivity index (χ3v) is 1.61. The molecule has 0 aliphatic carbocycles. The molecule has 0 saturated carbocycles. The van der Waals surface area contributed by atoms with Gasteiger partial charge in [0.15, 0.2) is 0 Å². The number of nitrogens with one attached hydrogen (secondary N) is 1. The van der Waals surface area contributed by atoms with E-state index in [1.54, 1.807) is 24.3 Å². The van der Waals surface area contributed by atoms with Gasteiger partial charge in [0.25, 0.3) is 0 Å². The fourth-order valence-electron chi connectivity index (χ4n) is 1.02. The Labute approximate surface area is 105 Å². The van der Waals surface area contributed by atoms with Crippen molar-refractivity contribution in [3.05, 3.63) is 29.8 Å². The minimum absolute atomic E-state index is 0. The third kappa shape index (κ3) is 6.16. The summed E-state index contributed by atoms with van der Waals surface area (Å²) in [5, 5.41) is 9.78. The highest BCUT2D eigenvalue weighted by molar-refractivity contribution is 5.89. The van der Waals surface area contributed by atoms with E-state index in [9.17, 15) is 4.79 Å². The molecule has 0 aromatic heterocycles. The van der Waals surface area contributed by atoms with Crippen LogP contribution >= 0.6 is 12.4 Å². The van der Waals surface area contributed by atoms with E-state index in [2.05, 4.69) is 15.5 Å². The number of amides is 1. The van der Waals surface area contributed by atoms with Gasteiger partial charge in [0, 0.05) is 12.6 Å². The number of benzene rings is 1. The molecule has 7 heteroatoms. The van der Waals surface area contributed by atoms with Crippen LogP contribution in [-0.2, 0) is 4.79 Å². The van der Waals surface area contributed by atoms with Crippen LogP contribution < -0.4 is 16.8 Å². The molecule has 6 nitrogen and oxygen atoms in total. The van der Waals surface area contributed by atoms with Crippen molar-refractivity contribution in [2.75, 3.05) is 5.32 Å². The second kappa shape index (κ2) is 7.24. The lowest BCUT2D eigenvalue weighted by atomic mass is 10.2. The lowest BCUT2D eigenvalue weighted by Crippen LogP contribution is -2.21. The first-order valence-corrected chi connectivity index (χ1v) is 4.57. The van der Waals surface area contributed by atoms with E-state index in [0.29, 0.717) is 0 Å². The number of guanidine groups is 1. The van der Waals surface area contributed by atoms with Gasteiger partial charge < -0.3 is 16.8 Å². The molecule has 1 aromatic carbocycles. The normalized spacial score (nSPS) is 9.47. The van der Waals surface area contributed by atoms with Crippen LogP contribution in [0, 0.1) is 0 Å². The van der Waals surface area contributed by atoms with Crippen molar-refractivity contribution in [2.45, 2.75) is 6.92 Å². The number of carbonyl (C=O) groups excluding carboxylic acids is 1. The van der Waals surface area contributed by atoms with Gasteiger partial charge >= 0.3 is 0 Å². The third-order valence-electron chi connectivity index (χ3n) is 1.61. The van der Waals surface area contributed by atoms with Crippen LogP contribution in [0.2, 0.25) is 0 Å². The van der Waals surface area contributed by atoms with Gasteiger partial charge in [-0.05, 0) is 17.7 Å². The smallest absolute Gasteiger partial charge is 0.221 e. The highest BCUT2D eigenvalue weighted by Gasteiger charge is 1.94. The van der Waals surface area contributed by atoms with Gasteiger partial charge in [-0.1, -0.05) is 12.1 Å². The number of anilines is 1. The zero-order valence-electron chi connectivity index (χ0n) is 9.25. The zero-order chi connectivity index (χ0) is 12.0. The fourth-order valence-corrected chi connectivity index (χ4v) is 1.02. The molecule has 0 aliphatic rings. The summed E-state index contributed by atoms with van der Waals surface area (Å²) < 4.78 is 0. The van der Waals surface area contributed by atoms with Crippen molar-refractivity contribution in [1.29, 1.82) is 0 Å². The maximum Gasteiger partial charge on any atom is 0.221 e. The summed E-state index contributed by atoms with van der Waals surface area (Å²) in [6, 6.07) is 7.10. The lowest BCUT2D eigenvalue weighted by molar-refractivity contribution is -0.114. The summed E-state index contributed by atoms with van der Waals surface area (Å²) >= 11 is 0. The molecule has 0 spiro atoms. The molecule has 17 heavy (non-hydrogen) atoms. The van der Waals surface area contributed by atoms with Crippen molar-refractivity contribution in [3.63, 3.8) is 0 Å². The molecule has 1 aromatic rings. The monoisotopic (exact) mass is 255 g/mol. The number of hydrogen-bond acceptors (Lipinski definition) is 3. The molecule has 1 amide bonds. The SMILES string of the molecule is CC(=O)Nc1ccc(/C=N/N=C(N)N)cc1.Cl. The Bertz CT molecular complexity index is 423. The number of nitrogens with zero attached hydrogens (tertiary/aromatic N) is 2. The van der Waals surface area contributed by atoms with Crippen molar-refractivity contribution in [3.8, 4) is 0 Å². The average Bonchev–Trinajstić information content (AvgIpc) is 2.19. The van der Waals surface area contributed by atoms with E-state index in [1.807, 2.05) is 0 Å². The largest absolute Gasteiger partial charge is 0.369 e. The predicted octanol–water partition coefficient (Wildman–Crippen LogP) is 0.674. The first kappa shape index (κ1) is 14.9. The van der Waals surface area contributed by atoms with Gasteiger partial charge in [-0.3, -0.25) is 4.79 Å². The van der Waals surface area contributed by atoms with Crippen molar-refractivity contribution >= 4 is 36.2 Å². The predicted molar refractivity (Wildman–Crippen MR) is 71.4 cm³/mol. The van der Waals surface area contributed by atoms with Gasteiger partial charge in [-0.15, -0.1) is 17.5 Å². The average molecular weight is 256 g/mol. The first-order valence-electron chi connectivity index (χ1n) is 4.57. The van der Waals surface area contributed by atoms with E-state index in [4.69, 9.17) is 11.5 Å². The minimum Gasteiger partial charge on any atom is -0.369 e. The van der Waals surface area contributed by atoms with E-state index >= 15 is 0 Å². The molecular formula is C10H14ClN5O. The number of hydrogen-bond donors (Lipinski definition) is 3. The second-order valence-corrected chi connectivity index (χ2v) is 3.07. The summed E-state index contributed by atoms with van der Waals surface area (Å²) in [5.74, 6) is -0.201. The lowest BCUT2D eigenvalue weighted by Gasteiger charge is -2.00. The molecule has 92 valence electrons. The van der Waals surface area contributed by atoms with Crippen LogP contribution in [0.15, 0.2) is 34.5 Å². The van der Waals surface area contributed by atoms with Gasteiger partial charge in [0.05, 0.1) is 6.21 Å². The van der Waals surface area contributed by atoms with Crippen LogP contribution in [0.5, 0.6) is 0 Å². The maximum atomic E-state index is 10.8. The number of nitrogens with two attached hydrogens (primary N) is 2. The molecule has 5 N–H and O–H groups in total. The Morgan fingerprint density at radius 1 is 1.29 bits per heavy atom. The molecule has 0 aliphatic heterocycles. The molecule has 0 saturated heterocycles. The Kier molecular flexibility index (Phi) is 6.35. The number of rotatable bonds is 3. The number of carbonyl (C=O) groups is 1. The van der Waals surface area contributed by atoms with Crippen LogP contribution in [0.3, 0.4) is 0 Å². The molecule has 0 radical (unpaired) electrons. The van der Waals surface area contributed by atoms with E-state index in [0.717, 1.165) is 11.3 Å². The fraction of sp³-hybridized carbons (Fsp3) is 0.100. The summed E-state index contributed by atoms with van der Waals surface area (Å²) in [7, 11) is 0. The Morgan fingerprint density at radius 3 is 2.35 bits per heavy atom. The molecule has 0 atom stereocenters. The Morgan fingerprint density at radius 2 is 1.88 bits per heavy atom. The molecule has 0 fully saturated rings. The van der Waals surface area contributed by atoms with Gasteiger partial charge in [0.1, 0.15) is 0 Å². The minimum atomic E-state index is -0.109. The molecule has 0 bridgehead atoms. The van der Waals surface area contributed by atoms with Crippen molar-refractivity contribution in [2.24, 2.45) is 21.7 Å². The van der Waals surface area contributed by atoms with Gasteiger partial charge in [-0.2, -0.15) is 5.10 Å². The van der Waals surface area contributed by atoms with E-state index in [-0.39, 0.29) is 24.3 Å².